The third-order valence-electron chi connectivity index (χ3n) is 2.79. The van der Waals surface area contributed by atoms with Gasteiger partial charge in [-0.25, -0.2) is 17.1 Å². The Morgan fingerprint density at radius 1 is 1.42 bits per heavy atom. The summed E-state index contributed by atoms with van der Waals surface area (Å²) in [4.78, 5) is -0.106. The van der Waals surface area contributed by atoms with Crippen LogP contribution >= 0.6 is 11.6 Å². The Hall–Kier alpha value is -0.690. The molecule has 1 rings (SSSR count). The lowest BCUT2D eigenvalue weighted by molar-refractivity contribution is 0.292. The van der Waals surface area contributed by atoms with E-state index in [1.165, 1.54) is 17.4 Å². The van der Waals surface area contributed by atoms with Gasteiger partial charge in [-0.3, -0.25) is 0 Å². The number of sulfonamides is 1. The fourth-order valence-electron chi connectivity index (χ4n) is 1.60. The molecule has 0 spiro atoms. The van der Waals surface area contributed by atoms with Crippen LogP contribution in [0.15, 0.2) is 23.1 Å². The van der Waals surface area contributed by atoms with E-state index in [9.17, 15) is 12.8 Å². The lowest BCUT2D eigenvalue weighted by Gasteiger charge is -2.28. The molecule has 0 bridgehead atoms. The molecule has 0 atom stereocenters. The first kappa shape index (κ1) is 16.4. The van der Waals surface area contributed by atoms with Crippen molar-refractivity contribution in [3.8, 4) is 0 Å². The lowest BCUT2D eigenvalue weighted by atomic mass is 9.94. The van der Waals surface area contributed by atoms with Crippen LogP contribution in [0.2, 0.25) is 5.02 Å². The Balaban J connectivity index is 3.10. The molecule has 0 aliphatic rings. The zero-order valence-electron chi connectivity index (χ0n) is 11.2. The van der Waals surface area contributed by atoms with Crippen molar-refractivity contribution in [3.63, 3.8) is 0 Å². The molecule has 0 saturated heterocycles. The summed E-state index contributed by atoms with van der Waals surface area (Å²) in [5.41, 5.74) is 5.24. The Bertz CT molecular complexity index is 561. The molecular formula is C12H18ClFN2O2S. The van der Waals surface area contributed by atoms with Gasteiger partial charge >= 0.3 is 0 Å². The van der Waals surface area contributed by atoms with Crippen molar-refractivity contribution in [1.82, 2.24) is 4.31 Å². The molecule has 0 amide bonds. The largest absolute Gasteiger partial charge is 0.330 e. The smallest absolute Gasteiger partial charge is 0.244 e. The second kappa shape index (κ2) is 5.75. The minimum Gasteiger partial charge on any atom is -0.330 e. The normalized spacial score (nSPS) is 13.0. The van der Waals surface area contributed by atoms with Crippen LogP contribution in [0.25, 0.3) is 0 Å². The van der Waals surface area contributed by atoms with Crippen LogP contribution in [0.5, 0.6) is 0 Å². The number of halogens is 2. The van der Waals surface area contributed by atoms with Gasteiger partial charge in [0.2, 0.25) is 10.0 Å². The predicted molar refractivity (Wildman–Crippen MR) is 74.1 cm³/mol. The molecule has 108 valence electrons. The van der Waals surface area contributed by atoms with Crippen LogP contribution in [-0.4, -0.2) is 32.9 Å². The van der Waals surface area contributed by atoms with Gasteiger partial charge in [0.05, 0.1) is 5.02 Å². The molecule has 0 heterocycles. The van der Waals surface area contributed by atoms with Crippen LogP contribution < -0.4 is 5.73 Å². The maximum Gasteiger partial charge on any atom is 0.244 e. The van der Waals surface area contributed by atoms with Crippen molar-refractivity contribution in [2.24, 2.45) is 11.1 Å². The molecule has 4 nitrogen and oxygen atoms in total. The highest BCUT2D eigenvalue weighted by molar-refractivity contribution is 7.89. The van der Waals surface area contributed by atoms with Gasteiger partial charge in [0.25, 0.3) is 0 Å². The van der Waals surface area contributed by atoms with Gasteiger partial charge in [0.15, 0.2) is 0 Å². The molecule has 19 heavy (non-hydrogen) atoms. The van der Waals surface area contributed by atoms with E-state index in [1.54, 1.807) is 0 Å². The average molecular weight is 309 g/mol. The van der Waals surface area contributed by atoms with E-state index in [1.807, 2.05) is 13.8 Å². The van der Waals surface area contributed by atoms with Gasteiger partial charge in [0.1, 0.15) is 10.7 Å². The zero-order chi connectivity index (χ0) is 14.8. The standard InChI is InChI=1S/C12H18ClFN2O2S/c1-12(2,7-15)8-16(3)19(17,18)11-5-4-9(14)6-10(11)13/h4-6H,7-8,15H2,1-3H3. The lowest BCUT2D eigenvalue weighted by Crippen LogP contribution is -2.39. The summed E-state index contributed by atoms with van der Waals surface area (Å²) in [6.07, 6.45) is 0. The minimum atomic E-state index is -3.75. The molecule has 0 saturated carbocycles. The fourth-order valence-corrected chi connectivity index (χ4v) is 3.46. The molecule has 0 aliphatic heterocycles. The second-order valence-corrected chi connectivity index (χ2v) is 7.62. The molecule has 0 unspecified atom stereocenters. The molecular weight excluding hydrogens is 291 g/mol. The number of benzene rings is 1. The summed E-state index contributed by atoms with van der Waals surface area (Å²) in [6.45, 7) is 4.33. The van der Waals surface area contributed by atoms with Crippen molar-refractivity contribution in [1.29, 1.82) is 0 Å². The highest BCUT2D eigenvalue weighted by Crippen LogP contribution is 2.26. The minimum absolute atomic E-state index is 0.106. The summed E-state index contributed by atoms with van der Waals surface area (Å²) < 4.78 is 38.8. The zero-order valence-corrected chi connectivity index (χ0v) is 12.7. The third-order valence-corrected chi connectivity index (χ3v) is 5.07. The summed E-state index contributed by atoms with van der Waals surface area (Å²) in [5, 5.41) is -0.127. The maximum absolute atomic E-state index is 13.0. The first-order chi connectivity index (χ1) is 8.60. The Labute approximate surface area is 118 Å². The van der Waals surface area contributed by atoms with E-state index >= 15 is 0 Å². The number of nitrogens with two attached hydrogens (primary N) is 1. The fraction of sp³-hybridized carbons (Fsp3) is 0.500. The van der Waals surface area contributed by atoms with E-state index in [4.69, 9.17) is 17.3 Å². The molecule has 1 aromatic rings. The molecule has 0 fully saturated rings. The number of hydrogen-bond acceptors (Lipinski definition) is 3. The van der Waals surface area contributed by atoms with Gasteiger partial charge in [-0.1, -0.05) is 25.4 Å². The quantitative estimate of drug-likeness (QED) is 0.906. The molecule has 1 aromatic carbocycles. The van der Waals surface area contributed by atoms with E-state index in [2.05, 4.69) is 0 Å². The van der Waals surface area contributed by atoms with E-state index < -0.39 is 15.8 Å². The van der Waals surface area contributed by atoms with Crippen LogP contribution in [0.3, 0.4) is 0 Å². The summed E-state index contributed by atoms with van der Waals surface area (Å²) in [6, 6.07) is 3.22. The highest BCUT2D eigenvalue weighted by atomic mass is 35.5. The van der Waals surface area contributed by atoms with Crippen LogP contribution in [0.1, 0.15) is 13.8 Å². The third kappa shape index (κ3) is 3.89. The summed E-state index contributed by atoms with van der Waals surface area (Å²) in [5.74, 6) is -0.575. The monoisotopic (exact) mass is 308 g/mol. The van der Waals surface area contributed by atoms with Crippen LogP contribution in [-0.2, 0) is 10.0 Å². The van der Waals surface area contributed by atoms with E-state index in [-0.39, 0.29) is 21.9 Å². The Kier molecular flexibility index (Phi) is 4.95. The first-order valence-corrected chi connectivity index (χ1v) is 7.53. The van der Waals surface area contributed by atoms with E-state index in [0.717, 1.165) is 12.1 Å². The molecule has 0 aliphatic carbocycles. The van der Waals surface area contributed by atoms with Crippen molar-refractivity contribution >= 4 is 21.6 Å². The Morgan fingerprint density at radius 3 is 2.47 bits per heavy atom. The van der Waals surface area contributed by atoms with Gasteiger partial charge in [-0.15, -0.1) is 0 Å². The van der Waals surface area contributed by atoms with Crippen LogP contribution in [0.4, 0.5) is 4.39 Å². The summed E-state index contributed by atoms with van der Waals surface area (Å²) >= 11 is 5.79. The first-order valence-electron chi connectivity index (χ1n) is 5.71. The maximum atomic E-state index is 13.0. The molecule has 0 aromatic heterocycles. The van der Waals surface area contributed by atoms with E-state index in [0.29, 0.717) is 6.54 Å². The highest BCUT2D eigenvalue weighted by Gasteiger charge is 2.28. The van der Waals surface area contributed by atoms with Gasteiger partial charge in [-0.05, 0) is 30.2 Å². The SMILES string of the molecule is CN(CC(C)(C)CN)S(=O)(=O)c1ccc(F)cc1Cl. The van der Waals surface area contributed by atoms with Crippen molar-refractivity contribution in [2.75, 3.05) is 20.1 Å². The number of rotatable bonds is 5. The predicted octanol–water partition coefficient (Wildman–Crippen LogP) is 2.08. The number of nitrogens with zero attached hydrogens (tertiary/aromatic N) is 1. The molecule has 7 heteroatoms. The average Bonchev–Trinajstić information content (AvgIpc) is 2.27. The van der Waals surface area contributed by atoms with Crippen molar-refractivity contribution in [3.05, 3.63) is 29.0 Å². The van der Waals surface area contributed by atoms with Crippen molar-refractivity contribution in [2.45, 2.75) is 18.7 Å². The van der Waals surface area contributed by atoms with Gasteiger partial charge < -0.3 is 5.73 Å². The second-order valence-electron chi connectivity index (χ2n) is 5.20. The molecule has 0 radical (unpaired) electrons. The van der Waals surface area contributed by atoms with Gasteiger partial charge in [0, 0.05) is 13.6 Å². The van der Waals surface area contributed by atoms with Crippen LogP contribution in [0, 0.1) is 11.2 Å². The molecule has 2 N–H and O–H groups in total. The van der Waals surface area contributed by atoms with Crippen molar-refractivity contribution < 1.29 is 12.8 Å². The summed E-state index contributed by atoms with van der Waals surface area (Å²) in [7, 11) is -2.30. The topological polar surface area (TPSA) is 63.4 Å². The number of hydrogen-bond donors (Lipinski definition) is 1. The van der Waals surface area contributed by atoms with Gasteiger partial charge in [-0.2, -0.15) is 0 Å². The Morgan fingerprint density at radius 2 is 2.00 bits per heavy atom.